The minimum Gasteiger partial charge on any atom is -0.395 e. The van der Waals surface area contributed by atoms with Crippen molar-refractivity contribution < 1.29 is 9.50 Å². The van der Waals surface area contributed by atoms with Crippen LogP contribution in [0.25, 0.3) is 0 Å². The summed E-state index contributed by atoms with van der Waals surface area (Å²) in [7, 11) is 0. The molecule has 0 aliphatic carbocycles. The molecule has 0 amide bonds. The fourth-order valence-electron chi connectivity index (χ4n) is 1.44. The van der Waals surface area contributed by atoms with Crippen molar-refractivity contribution in [3.63, 3.8) is 0 Å². The van der Waals surface area contributed by atoms with Gasteiger partial charge in [-0.3, -0.25) is 0 Å². The van der Waals surface area contributed by atoms with Crippen molar-refractivity contribution in [2.75, 3.05) is 6.61 Å². The summed E-state index contributed by atoms with van der Waals surface area (Å²) in [6.07, 6.45) is 0. The lowest BCUT2D eigenvalue weighted by atomic mass is 10.1. The van der Waals surface area contributed by atoms with Crippen LogP contribution in [-0.4, -0.2) is 17.8 Å². The highest BCUT2D eigenvalue weighted by Gasteiger charge is 2.14. The Morgan fingerprint density at radius 2 is 1.94 bits per heavy atom. The molecule has 90 valence electrons. The second-order valence-electron chi connectivity index (χ2n) is 3.76. The highest BCUT2D eigenvalue weighted by Crippen LogP contribution is 2.28. The monoisotopic (exact) mass is 265 g/mol. The Labute approximate surface area is 104 Å². The fourth-order valence-corrected chi connectivity index (χ4v) is 1.99. The molecular formula is C11H14Cl2FNO. The van der Waals surface area contributed by atoms with Gasteiger partial charge in [-0.2, -0.15) is 0 Å². The highest BCUT2D eigenvalue weighted by molar-refractivity contribution is 6.35. The van der Waals surface area contributed by atoms with E-state index in [2.05, 4.69) is 5.32 Å². The molecule has 1 rings (SSSR count). The SMILES string of the molecule is CC(N[C@H](C)CO)c1cc(F)c(Cl)cc1Cl. The molecule has 0 spiro atoms. The van der Waals surface area contributed by atoms with Crippen molar-refractivity contribution in [2.45, 2.75) is 25.9 Å². The summed E-state index contributed by atoms with van der Waals surface area (Å²) in [4.78, 5) is 0. The minimum absolute atomic E-state index is 0.0103. The van der Waals surface area contributed by atoms with Crippen LogP contribution in [0.15, 0.2) is 12.1 Å². The zero-order valence-corrected chi connectivity index (χ0v) is 10.6. The molecule has 1 unspecified atom stereocenters. The third kappa shape index (κ3) is 3.32. The highest BCUT2D eigenvalue weighted by atomic mass is 35.5. The molecule has 0 aliphatic rings. The van der Waals surface area contributed by atoms with Crippen LogP contribution in [0.2, 0.25) is 10.0 Å². The molecule has 0 aromatic heterocycles. The lowest BCUT2D eigenvalue weighted by Gasteiger charge is -2.20. The maximum absolute atomic E-state index is 13.3. The van der Waals surface area contributed by atoms with Gasteiger partial charge in [0.15, 0.2) is 0 Å². The summed E-state index contributed by atoms with van der Waals surface area (Å²) in [5.41, 5.74) is 0.629. The normalized spacial score (nSPS) is 14.9. The van der Waals surface area contributed by atoms with Crippen LogP contribution in [-0.2, 0) is 0 Å². The number of aliphatic hydroxyl groups is 1. The van der Waals surface area contributed by atoms with Crippen LogP contribution in [0.1, 0.15) is 25.5 Å². The van der Waals surface area contributed by atoms with Crippen molar-refractivity contribution >= 4 is 23.2 Å². The molecule has 2 atom stereocenters. The van der Waals surface area contributed by atoms with Gasteiger partial charge in [-0.1, -0.05) is 23.2 Å². The van der Waals surface area contributed by atoms with Gasteiger partial charge < -0.3 is 10.4 Å². The van der Waals surface area contributed by atoms with Gasteiger partial charge in [0.25, 0.3) is 0 Å². The Kier molecular flexibility index (Phi) is 4.99. The number of halogens is 3. The first-order valence-corrected chi connectivity index (χ1v) is 5.72. The van der Waals surface area contributed by atoms with Crippen LogP contribution in [0.4, 0.5) is 4.39 Å². The standard InChI is InChI=1S/C11H14Cl2FNO/c1-6(5-16)15-7(2)8-3-11(14)10(13)4-9(8)12/h3-4,6-7,15-16H,5H2,1-2H3/t6-,7?/m1/s1. The zero-order chi connectivity index (χ0) is 12.3. The Balaban J connectivity index is 2.91. The van der Waals surface area contributed by atoms with E-state index in [0.29, 0.717) is 10.6 Å². The number of hydrogen-bond acceptors (Lipinski definition) is 2. The summed E-state index contributed by atoms with van der Waals surface area (Å²) < 4.78 is 13.3. The third-order valence-electron chi connectivity index (χ3n) is 2.31. The Morgan fingerprint density at radius 3 is 2.50 bits per heavy atom. The van der Waals surface area contributed by atoms with Gasteiger partial charge in [-0.25, -0.2) is 4.39 Å². The van der Waals surface area contributed by atoms with Crippen molar-refractivity contribution in [3.8, 4) is 0 Å². The molecule has 0 heterocycles. The second kappa shape index (κ2) is 5.82. The van der Waals surface area contributed by atoms with Crippen LogP contribution in [0.3, 0.4) is 0 Å². The Bertz CT molecular complexity index is 373. The molecule has 2 N–H and O–H groups in total. The van der Waals surface area contributed by atoms with Gasteiger partial charge in [0, 0.05) is 17.1 Å². The molecule has 0 bridgehead atoms. The van der Waals surface area contributed by atoms with Crippen molar-refractivity contribution in [2.24, 2.45) is 0 Å². The van der Waals surface area contributed by atoms with E-state index in [-0.39, 0.29) is 23.7 Å². The van der Waals surface area contributed by atoms with E-state index in [9.17, 15) is 4.39 Å². The van der Waals surface area contributed by atoms with Gasteiger partial charge in [-0.15, -0.1) is 0 Å². The molecule has 16 heavy (non-hydrogen) atoms. The molecule has 0 saturated carbocycles. The van der Waals surface area contributed by atoms with Crippen molar-refractivity contribution in [1.29, 1.82) is 0 Å². The molecule has 1 aromatic rings. The summed E-state index contributed by atoms with van der Waals surface area (Å²) in [5.74, 6) is -0.494. The van der Waals surface area contributed by atoms with Gasteiger partial charge in [0.1, 0.15) is 5.82 Å². The third-order valence-corrected chi connectivity index (χ3v) is 2.93. The second-order valence-corrected chi connectivity index (χ2v) is 4.57. The van der Waals surface area contributed by atoms with E-state index in [1.54, 1.807) is 0 Å². The zero-order valence-electron chi connectivity index (χ0n) is 9.10. The maximum atomic E-state index is 13.3. The molecule has 1 aromatic carbocycles. The average Bonchev–Trinajstić information content (AvgIpc) is 2.23. The predicted octanol–water partition coefficient (Wildman–Crippen LogP) is 3.16. The molecule has 0 saturated heterocycles. The predicted molar refractivity (Wildman–Crippen MR) is 64.5 cm³/mol. The fraction of sp³-hybridized carbons (Fsp3) is 0.455. The lowest BCUT2D eigenvalue weighted by Crippen LogP contribution is -2.31. The molecule has 0 fully saturated rings. The topological polar surface area (TPSA) is 32.3 Å². The van der Waals surface area contributed by atoms with Crippen LogP contribution in [0.5, 0.6) is 0 Å². The summed E-state index contributed by atoms with van der Waals surface area (Å²) >= 11 is 11.6. The largest absolute Gasteiger partial charge is 0.395 e. The minimum atomic E-state index is -0.494. The number of aliphatic hydroxyl groups excluding tert-OH is 1. The van der Waals surface area contributed by atoms with Gasteiger partial charge in [0.05, 0.1) is 11.6 Å². The number of nitrogens with one attached hydrogen (secondary N) is 1. The maximum Gasteiger partial charge on any atom is 0.142 e. The average molecular weight is 266 g/mol. The molecule has 0 radical (unpaired) electrons. The van der Waals surface area contributed by atoms with Crippen molar-refractivity contribution in [3.05, 3.63) is 33.6 Å². The Morgan fingerprint density at radius 1 is 1.31 bits per heavy atom. The van der Waals surface area contributed by atoms with Crippen LogP contribution in [0, 0.1) is 5.82 Å². The first kappa shape index (κ1) is 13.7. The molecular weight excluding hydrogens is 252 g/mol. The van der Waals surface area contributed by atoms with E-state index in [1.165, 1.54) is 12.1 Å². The number of benzene rings is 1. The van der Waals surface area contributed by atoms with Crippen molar-refractivity contribution in [1.82, 2.24) is 5.32 Å². The van der Waals surface area contributed by atoms with E-state index >= 15 is 0 Å². The van der Waals surface area contributed by atoms with Gasteiger partial charge >= 0.3 is 0 Å². The van der Waals surface area contributed by atoms with E-state index in [1.807, 2.05) is 13.8 Å². The van der Waals surface area contributed by atoms with E-state index in [0.717, 1.165) is 0 Å². The molecule has 5 heteroatoms. The lowest BCUT2D eigenvalue weighted by molar-refractivity contribution is 0.243. The summed E-state index contributed by atoms with van der Waals surface area (Å²) in [6, 6.07) is 2.47. The van der Waals surface area contributed by atoms with Crippen LogP contribution >= 0.6 is 23.2 Å². The number of rotatable bonds is 4. The molecule has 0 aliphatic heterocycles. The van der Waals surface area contributed by atoms with E-state index in [4.69, 9.17) is 28.3 Å². The summed E-state index contributed by atoms with van der Waals surface area (Å²) in [5, 5.41) is 12.4. The first-order valence-electron chi connectivity index (χ1n) is 4.97. The Hall–Kier alpha value is -0.350. The summed E-state index contributed by atoms with van der Waals surface area (Å²) in [6.45, 7) is 3.69. The smallest absolute Gasteiger partial charge is 0.142 e. The number of hydrogen-bond donors (Lipinski definition) is 2. The molecule has 2 nitrogen and oxygen atoms in total. The van der Waals surface area contributed by atoms with E-state index < -0.39 is 5.82 Å². The van der Waals surface area contributed by atoms with Gasteiger partial charge in [0.2, 0.25) is 0 Å². The first-order chi connectivity index (χ1) is 7.45. The van der Waals surface area contributed by atoms with Gasteiger partial charge in [-0.05, 0) is 31.5 Å². The quantitative estimate of drug-likeness (QED) is 0.820. The van der Waals surface area contributed by atoms with Crippen LogP contribution < -0.4 is 5.32 Å².